The average Bonchev–Trinajstić information content (AvgIpc) is 2.55. The van der Waals surface area contributed by atoms with Crippen LogP contribution in [-0.2, 0) is 14.6 Å². The van der Waals surface area contributed by atoms with E-state index in [-0.39, 0.29) is 6.10 Å². The molecule has 0 amide bonds. The van der Waals surface area contributed by atoms with Gasteiger partial charge in [0.25, 0.3) is 0 Å². The molecule has 24 heavy (non-hydrogen) atoms. The molecule has 0 spiro atoms. The summed E-state index contributed by atoms with van der Waals surface area (Å²) in [4.78, 5) is 0. The molecule has 0 aliphatic rings. The van der Waals surface area contributed by atoms with Gasteiger partial charge in [-0.15, -0.1) is 0 Å². The van der Waals surface area contributed by atoms with Crippen molar-refractivity contribution in [3.05, 3.63) is 24.3 Å². The Kier molecular flexibility index (Phi) is 11.6. The van der Waals surface area contributed by atoms with Crippen molar-refractivity contribution in [3.8, 4) is 0 Å². The summed E-state index contributed by atoms with van der Waals surface area (Å²) in [5.74, 6) is 0.961. The third-order valence-corrected chi connectivity index (χ3v) is 7.46. The maximum absolute atomic E-state index is 13.0. The third kappa shape index (κ3) is 7.10. The normalized spacial score (nSPS) is 18.3. The summed E-state index contributed by atoms with van der Waals surface area (Å²) < 4.78 is 31.3. The van der Waals surface area contributed by atoms with Crippen molar-refractivity contribution in [2.45, 2.75) is 83.8 Å². The van der Waals surface area contributed by atoms with E-state index in [4.69, 9.17) is 4.74 Å². The molecule has 0 aliphatic heterocycles. The molecule has 0 aromatic carbocycles. The Morgan fingerprint density at radius 2 is 1.29 bits per heavy atom. The van der Waals surface area contributed by atoms with Gasteiger partial charge in [-0.1, -0.05) is 65.8 Å². The molecule has 0 radical (unpaired) electrons. The number of allylic oxidation sites excluding steroid dienone is 1. The van der Waals surface area contributed by atoms with E-state index in [2.05, 4.69) is 26.8 Å². The fourth-order valence-electron chi connectivity index (χ4n) is 2.91. The van der Waals surface area contributed by atoms with E-state index in [9.17, 15) is 8.42 Å². The molecule has 4 unspecified atom stereocenters. The Hall–Kier alpha value is -0.610. The summed E-state index contributed by atoms with van der Waals surface area (Å²) >= 11 is 0. The van der Waals surface area contributed by atoms with Gasteiger partial charge in [-0.25, -0.2) is 8.42 Å². The van der Waals surface area contributed by atoms with Crippen LogP contribution in [0.3, 0.4) is 0 Å². The van der Waals surface area contributed by atoms with Crippen LogP contribution < -0.4 is 0 Å². The van der Waals surface area contributed by atoms with Gasteiger partial charge in [0.2, 0.25) is 0 Å². The van der Waals surface area contributed by atoms with E-state index in [1.165, 1.54) is 0 Å². The monoisotopic (exact) mass is 358 g/mol. The zero-order valence-corrected chi connectivity index (χ0v) is 17.5. The molecular weight excluding hydrogens is 320 g/mol. The first kappa shape index (κ1) is 23.4. The lowest BCUT2D eigenvalue weighted by molar-refractivity contribution is 0.138. The topological polar surface area (TPSA) is 43.4 Å². The predicted octanol–water partition coefficient (Wildman–Crippen LogP) is 5.18. The van der Waals surface area contributed by atoms with Crippen molar-refractivity contribution >= 4 is 9.84 Å². The van der Waals surface area contributed by atoms with E-state index in [0.29, 0.717) is 24.7 Å². The molecule has 0 rings (SSSR count). The van der Waals surface area contributed by atoms with E-state index in [1.807, 2.05) is 39.0 Å². The van der Waals surface area contributed by atoms with Crippen LogP contribution in [0.15, 0.2) is 24.3 Å². The molecule has 0 fully saturated rings. The van der Waals surface area contributed by atoms with Crippen molar-refractivity contribution in [2.24, 2.45) is 11.8 Å². The van der Waals surface area contributed by atoms with Crippen LogP contribution in [0, 0.1) is 11.8 Å². The summed E-state index contributed by atoms with van der Waals surface area (Å²) in [5, 5.41) is -0.863. The highest BCUT2D eigenvalue weighted by Gasteiger charge is 2.29. The SMILES string of the molecule is CCC(/C=C\C(CC)S(=O)(=O)C(/C=C\C(CC)C(C)C)CC)OC. The van der Waals surface area contributed by atoms with Crippen LogP contribution in [0.25, 0.3) is 0 Å². The predicted molar refractivity (Wildman–Crippen MR) is 105 cm³/mol. The summed E-state index contributed by atoms with van der Waals surface area (Å²) in [6.07, 6.45) is 10.8. The van der Waals surface area contributed by atoms with Crippen molar-refractivity contribution in [1.82, 2.24) is 0 Å². The fraction of sp³-hybridized carbons (Fsp3) is 0.800. The van der Waals surface area contributed by atoms with E-state index in [1.54, 1.807) is 7.11 Å². The van der Waals surface area contributed by atoms with Crippen molar-refractivity contribution < 1.29 is 13.2 Å². The number of hydrogen-bond donors (Lipinski definition) is 0. The Morgan fingerprint density at radius 1 is 0.792 bits per heavy atom. The maximum Gasteiger partial charge on any atom is 0.163 e. The first-order valence-electron chi connectivity index (χ1n) is 9.40. The minimum absolute atomic E-state index is 0.0183. The number of sulfone groups is 1. The summed E-state index contributed by atoms with van der Waals surface area (Å²) in [7, 11) is -1.58. The molecule has 3 nitrogen and oxygen atoms in total. The van der Waals surface area contributed by atoms with Gasteiger partial charge in [-0.05, 0) is 37.5 Å². The Labute approximate surface area is 150 Å². The average molecular weight is 359 g/mol. The zero-order chi connectivity index (χ0) is 18.8. The molecule has 0 N–H and O–H groups in total. The lowest BCUT2D eigenvalue weighted by Crippen LogP contribution is -2.29. The molecule has 0 aromatic heterocycles. The lowest BCUT2D eigenvalue weighted by atomic mass is 9.92. The maximum atomic E-state index is 13.0. The second-order valence-corrected chi connectivity index (χ2v) is 9.14. The fourth-order valence-corrected chi connectivity index (χ4v) is 4.90. The van der Waals surface area contributed by atoms with E-state index >= 15 is 0 Å². The van der Waals surface area contributed by atoms with Crippen LogP contribution in [0.4, 0.5) is 0 Å². The minimum atomic E-state index is -3.23. The number of ether oxygens (including phenoxy) is 1. The molecule has 0 saturated carbocycles. The lowest BCUT2D eigenvalue weighted by Gasteiger charge is -2.20. The third-order valence-electron chi connectivity index (χ3n) is 4.79. The minimum Gasteiger partial charge on any atom is -0.377 e. The van der Waals surface area contributed by atoms with Crippen LogP contribution in [0.1, 0.15) is 67.2 Å². The zero-order valence-electron chi connectivity index (χ0n) is 16.7. The number of hydrogen-bond acceptors (Lipinski definition) is 3. The van der Waals surface area contributed by atoms with Gasteiger partial charge in [0.05, 0.1) is 16.6 Å². The van der Waals surface area contributed by atoms with Crippen molar-refractivity contribution in [2.75, 3.05) is 7.11 Å². The second-order valence-electron chi connectivity index (χ2n) is 6.75. The summed E-state index contributed by atoms with van der Waals surface area (Å²) in [6.45, 7) is 12.4. The van der Waals surface area contributed by atoms with Gasteiger partial charge in [0.15, 0.2) is 9.84 Å². The van der Waals surface area contributed by atoms with Crippen LogP contribution in [0.2, 0.25) is 0 Å². The smallest absolute Gasteiger partial charge is 0.163 e. The van der Waals surface area contributed by atoms with Gasteiger partial charge in [-0.2, -0.15) is 0 Å². The molecule has 0 bridgehead atoms. The van der Waals surface area contributed by atoms with Crippen molar-refractivity contribution in [1.29, 1.82) is 0 Å². The first-order valence-corrected chi connectivity index (χ1v) is 11.0. The molecule has 4 atom stereocenters. The highest BCUT2D eigenvalue weighted by atomic mass is 32.2. The van der Waals surface area contributed by atoms with Gasteiger partial charge >= 0.3 is 0 Å². The quantitative estimate of drug-likeness (QED) is 0.452. The van der Waals surface area contributed by atoms with Gasteiger partial charge in [0, 0.05) is 7.11 Å². The molecular formula is C20H38O3S. The largest absolute Gasteiger partial charge is 0.377 e. The molecule has 0 aromatic rings. The second kappa shape index (κ2) is 11.9. The van der Waals surface area contributed by atoms with Crippen LogP contribution in [0.5, 0.6) is 0 Å². The number of methoxy groups -OCH3 is 1. The number of rotatable bonds is 12. The highest BCUT2D eigenvalue weighted by Crippen LogP contribution is 2.22. The highest BCUT2D eigenvalue weighted by molar-refractivity contribution is 7.93. The van der Waals surface area contributed by atoms with Crippen molar-refractivity contribution in [3.63, 3.8) is 0 Å². The Bertz CT molecular complexity index is 473. The van der Waals surface area contributed by atoms with Crippen LogP contribution in [-0.4, -0.2) is 32.1 Å². The molecule has 4 heteroatoms. The Balaban J connectivity index is 5.35. The van der Waals surface area contributed by atoms with E-state index < -0.39 is 20.3 Å². The molecule has 0 heterocycles. The van der Waals surface area contributed by atoms with Gasteiger partial charge in [-0.3, -0.25) is 0 Å². The van der Waals surface area contributed by atoms with E-state index in [0.717, 1.165) is 12.8 Å². The summed E-state index contributed by atoms with van der Waals surface area (Å²) in [6, 6.07) is 0. The van der Waals surface area contributed by atoms with Gasteiger partial charge in [0.1, 0.15) is 0 Å². The standard InChI is InChI=1S/C20H38O3S/c1-8-17(16(5)6)12-14-19(10-3)24(21,22)20(11-4)15-13-18(9-2)23-7/h12-20H,8-11H2,1-7H3/b14-12-,15-13-. The Morgan fingerprint density at radius 3 is 1.62 bits per heavy atom. The summed E-state index contributed by atoms with van der Waals surface area (Å²) in [5.41, 5.74) is 0. The van der Waals surface area contributed by atoms with Gasteiger partial charge < -0.3 is 4.74 Å². The van der Waals surface area contributed by atoms with Crippen LogP contribution >= 0.6 is 0 Å². The first-order chi connectivity index (χ1) is 11.3. The molecule has 142 valence electrons. The molecule has 0 saturated heterocycles. The molecule has 0 aliphatic carbocycles.